The summed E-state index contributed by atoms with van der Waals surface area (Å²) in [6, 6.07) is 0. The fourth-order valence-electron chi connectivity index (χ4n) is 3.76. The van der Waals surface area contributed by atoms with E-state index in [0.717, 1.165) is 31.3 Å². The van der Waals surface area contributed by atoms with Crippen LogP contribution < -0.4 is 11.2 Å². The molecular formula is C25H38N2O5. The van der Waals surface area contributed by atoms with E-state index >= 15 is 0 Å². The number of aromatic nitrogens is 2. The van der Waals surface area contributed by atoms with Crippen molar-refractivity contribution in [1.29, 1.82) is 0 Å². The molecule has 0 saturated carbocycles. The Morgan fingerprint density at radius 1 is 1.09 bits per heavy atom. The van der Waals surface area contributed by atoms with E-state index in [1.807, 2.05) is 13.0 Å². The van der Waals surface area contributed by atoms with Crippen molar-refractivity contribution in [3.63, 3.8) is 0 Å². The average Bonchev–Trinajstić information content (AvgIpc) is 3.10. The lowest BCUT2D eigenvalue weighted by Gasteiger charge is -2.17. The Kier molecular flexibility index (Phi) is 9.87. The molecule has 7 heteroatoms. The molecule has 2 N–H and O–H groups in total. The van der Waals surface area contributed by atoms with Crippen LogP contribution in [0.1, 0.15) is 71.6 Å². The number of hydrogen-bond acceptors (Lipinski definition) is 5. The van der Waals surface area contributed by atoms with E-state index in [0.29, 0.717) is 5.56 Å². The van der Waals surface area contributed by atoms with Crippen LogP contribution in [0.4, 0.5) is 0 Å². The molecule has 1 saturated heterocycles. The molecule has 1 aromatic heterocycles. The molecule has 32 heavy (non-hydrogen) atoms. The van der Waals surface area contributed by atoms with Crippen molar-refractivity contribution in [3.8, 4) is 0 Å². The van der Waals surface area contributed by atoms with Crippen molar-refractivity contribution in [1.82, 2.24) is 9.13 Å². The number of allylic oxidation sites excluding steroid dienone is 6. The summed E-state index contributed by atoms with van der Waals surface area (Å²) in [5.41, 5.74) is 3.44. The summed E-state index contributed by atoms with van der Waals surface area (Å²) in [6.07, 6.45) is 9.70. The van der Waals surface area contributed by atoms with Gasteiger partial charge in [0.15, 0.2) is 0 Å². The number of rotatable bonds is 10. The fraction of sp³-hybridized carbons (Fsp3) is 0.600. The quantitative estimate of drug-likeness (QED) is 0.538. The summed E-state index contributed by atoms with van der Waals surface area (Å²) < 4.78 is 8.14. The van der Waals surface area contributed by atoms with Crippen LogP contribution in [0.25, 0.3) is 0 Å². The number of aliphatic hydroxyl groups excluding tert-OH is 2. The van der Waals surface area contributed by atoms with Gasteiger partial charge in [-0.1, -0.05) is 34.9 Å². The zero-order valence-corrected chi connectivity index (χ0v) is 20.0. The van der Waals surface area contributed by atoms with Crippen LogP contribution in [-0.2, 0) is 11.3 Å². The van der Waals surface area contributed by atoms with Crippen LogP contribution in [0.3, 0.4) is 0 Å². The number of nitrogens with zero attached hydrogens (tertiary/aromatic N) is 2. The predicted octanol–water partition coefficient (Wildman–Crippen LogP) is 3.38. The van der Waals surface area contributed by atoms with Crippen LogP contribution in [-0.4, -0.2) is 38.2 Å². The molecule has 2 heterocycles. The molecule has 2 rings (SSSR count). The smallest absolute Gasteiger partial charge is 0.333 e. The standard InChI is InChI=1S/C25H38N2O5/c1-17(2)8-6-9-18(3)10-7-11-19(4)12-13-26-24(30)20(5)15-27(25(26)31)23-14-21(29)22(16-28)32-23/h8,10,12,15,21-23,28-29H,6-7,9,11,13-14,16H2,1-5H3/b18-10+,19-12+/t21-,22-,23-/m1/s1. The van der Waals surface area contributed by atoms with Gasteiger partial charge in [0.2, 0.25) is 0 Å². The second-order valence-electron chi connectivity index (χ2n) is 8.99. The third-order valence-corrected chi connectivity index (χ3v) is 5.81. The van der Waals surface area contributed by atoms with E-state index in [1.165, 1.54) is 26.5 Å². The normalized spacial score (nSPS) is 21.8. The molecule has 1 aliphatic rings. The summed E-state index contributed by atoms with van der Waals surface area (Å²) in [7, 11) is 0. The Balaban J connectivity index is 2.06. The summed E-state index contributed by atoms with van der Waals surface area (Å²) in [5.74, 6) is 0. The Labute approximate surface area is 190 Å². The molecule has 0 amide bonds. The third-order valence-electron chi connectivity index (χ3n) is 5.81. The van der Waals surface area contributed by atoms with Crippen LogP contribution in [0.5, 0.6) is 0 Å². The van der Waals surface area contributed by atoms with E-state index in [9.17, 15) is 19.8 Å². The van der Waals surface area contributed by atoms with Crippen LogP contribution in [0, 0.1) is 6.92 Å². The molecule has 1 aliphatic heterocycles. The van der Waals surface area contributed by atoms with Gasteiger partial charge < -0.3 is 14.9 Å². The summed E-state index contributed by atoms with van der Waals surface area (Å²) >= 11 is 0. The van der Waals surface area contributed by atoms with E-state index in [1.54, 1.807) is 6.92 Å². The van der Waals surface area contributed by atoms with Gasteiger partial charge in [-0.2, -0.15) is 0 Å². The van der Waals surface area contributed by atoms with Gasteiger partial charge in [0.25, 0.3) is 5.56 Å². The molecule has 0 bridgehead atoms. The minimum Gasteiger partial charge on any atom is -0.394 e. The Hall–Kier alpha value is -2.22. The first kappa shape index (κ1) is 26.0. The maximum absolute atomic E-state index is 13.0. The van der Waals surface area contributed by atoms with Gasteiger partial charge >= 0.3 is 5.69 Å². The Bertz CT molecular complexity index is 979. The first-order chi connectivity index (χ1) is 15.1. The molecule has 3 atom stereocenters. The molecule has 1 aromatic rings. The predicted molar refractivity (Wildman–Crippen MR) is 127 cm³/mol. The zero-order valence-electron chi connectivity index (χ0n) is 20.0. The summed E-state index contributed by atoms with van der Waals surface area (Å²) in [6.45, 7) is 9.89. The lowest BCUT2D eigenvalue weighted by Crippen LogP contribution is -2.42. The van der Waals surface area contributed by atoms with Crippen molar-refractivity contribution in [3.05, 3.63) is 67.5 Å². The number of hydrogen-bond donors (Lipinski definition) is 2. The highest BCUT2D eigenvalue weighted by Gasteiger charge is 2.35. The minimum absolute atomic E-state index is 0.188. The number of ether oxygens (including phenoxy) is 1. The number of aryl methyl sites for hydroxylation is 1. The molecule has 7 nitrogen and oxygen atoms in total. The second kappa shape index (κ2) is 12.1. The highest BCUT2D eigenvalue weighted by atomic mass is 16.5. The van der Waals surface area contributed by atoms with Crippen molar-refractivity contribution in [2.45, 2.75) is 91.7 Å². The average molecular weight is 447 g/mol. The highest BCUT2D eigenvalue weighted by Crippen LogP contribution is 2.27. The van der Waals surface area contributed by atoms with Crippen molar-refractivity contribution >= 4 is 0 Å². The molecule has 0 aliphatic carbocycles. The fourth-order valence-corrected chi connectivity index (χ4v) is 3.76. The van der Waals surface area contributed by atoms with Crippen LogP contribution >= 0.6 is 0 Å². The van der Waals surface area contributed by atoms with Crippen molar-refractivity contribution < 1.29 is 14.9 Å². The number of aliphatic hydroxyl groups is 2. The largest absolute Gasteiger partial charge is 0.394 e. The first-order valence-corrected chi connectivity index (χ1v) is 11.4. The molecular weight excluding hydrogens is 408 g/mol. The Morgan fingerprint density at radius 3 is 2.31 bits per heavy atom. The van der Waals surface area contributed by atoms with Crippen molar-refractivity contribution in [2.75, 3.05) is 6.61 Å². The van der Waals surface area contributed by atoms with Gasteiger partial charge in [-0.15, -0.1) is 0 Å². The molecule has 1 fully saturated rings. The lowest BCUT2D eigenvalue weighted by molar-refractivity contribution is -0.0463. The van der Waals surface area contributed by atoms with Gasteiger partial charge in [0.1, 0.15) is 12.3 Å². The van der Waals surface area contributed by atoms with Gasteiger partial charge in [-0.25, -0.2) is 4.79 Å². The lowest BCUT2D eigenvalue weighted by atomic mass is 10.1. The second-order valence-corrected chi connectivity index (χ2v) is 8.99. The summed E-state index contributed by atoms with van der Waals surface area (Å²) in [4.78, 5) is 25.5. The van der Waals surface area contributed by atoms with Gasteiger partial charge in [-0.05, 0) is 60.3 Å². The van der Waals surface area contributed by atoms with Gasteiger partial charge in [0, 0.05) is 24.7 Å². The molecule has 0 radical (unpaired) electrons. The molecule has 0 unspecified atom stereocenters. The van der Waals surface area contributed by atoms with E-state index in [2.05, 4.69) is 32.9 Å². The van der Waals surface area contributed by atoms with Crippen LogP contribution in [0.2, 0.25) is 0 Å². The van der Waals surface area contributed by atoms with Gasteiger partial charge in [0.05, 0.1) is 12.7 Å². The minimum atomic E-state index is -0.849. The third kappa shape index (κ3) is 7.15. The zero-order chi connectivity index (χ0) is 23.8. The van der Waals surface area contributed by atoms with Crippen LogP contribution in [0.15, 0.2) is 50.7 Å². The van der Waals surface area contributed by atoms with E-state index < -0.39 is 24.1 Å². The Morgan fingerprint density at radius 2 is 1.72 bits per heavy atom. The SMILES string of the molecule is CC(C)=CCC/C(C)=C/CC/C(C)=C/Cn1c(=O)c(C)cn([C@H]2C[C@@H](O)[C@@H](CO)O2)c1=O. The van der Waals surface area contributed by atoms with Crippen molar-refractivity contribution in [2.24, 2.45) is 0 Å². The molecule has 0 spiro atoms. The van der Waals surface area contributed by atoms with Gasteiger partial charge in [-0.3, -0.25) is 13.9 Å². The molecule has 178 valence electrons. The van der Waals surface area contributed by atoms with E-state index in [-0.39, 0.29) is 25.1 Å². The summed E-state index contributed by atoms with van der Waals surface area (Å²) in [5, 5.41) is 19.3. The molecule has 0 aromatic carbocycles. The van der Waals surface area contributed by atoms with E-state index in [4.69, 9.17) is 4.74 Å². The highest BCUT2D eigenvalue weighted by molar-refractivity contribution is 5.08. The first-order valence-electron chi connectivity index (χ1n) is 11.4. The monoisotopic (exact) mass is 446 g/mol. The maximum Gasteiger partial charge on any atom is 0.333 e. The maximum atomic E-state index is 13.0. The topological polar surface area (TPSA) is 93.7 Å².